The molecule has 5 aliphatic carbocycles. The Kier molecular flexibility index (Phi) is 7.01. The Labute approximate surface area is 240 Å². The van der Waals surface area contributed by atoms with Gasteiger partial charge in [-0.1, -0.05) is 55.4 Å². The Bertz CT molecular complexity index is 930. The first-order chi connectivity index (χ1) is 18.2. The molecule has 1 saturated heterocycles. The summed E-state index contributed by atoms with van der Waals surface area (Å²) in [4.78, 5) is 0. The maximum atomic E-state index is 10.3. The smallest absolute Gasteiger partial charge is 0.108 e. The minimum atomic E-state index is -0.702. The summed E-state index contributed by atoms with van der Waals surface area (Å²) < 4.78 is 5.73. The number of aliphatic hydroxyl groups is 2. The highest BCUT2D eigenvalue weighted by Gasteiger charge is 2.70. The molecular weight excluding hydrogens is 480 g/mol. The van der Waals surface area contributed by atoms with E-state index in [2.05, 4.69) is 55.4 Å². The zero-order valence-electron chi connectivity index (χ0n) is 26.8. The number of hydrogen-bond acceptors (Lipinski definition) is 3. The van der Waals surface area contributed by atoms with Crippen LogP contribution < -0.4 is 0 Å². The van der Waals surface area contributed by atoms with Crippen LogP contribution in [0.4, 0.5) is 0 Å². The van der Waals surface area contributed by atoms with Crippen molar-refractivity contribution in [1.29, 1.82) is 0 Å². The van der Waals surface area contributed by atoms with Crippen LogP contribution in [0.2, 0.25) is 0 Å². The highest BCUT2D eigenvalue weighted by Crippen LogP contribution is 2.78. The van der Waals surface area contributed by atoms with Crippen molar-refractivity contribution in [3.05, 3.63) is 0 Å². The molecular formula is C36H62O3. The zero-order valence-corrected chi connectivity index (χ0v) is 26.8. The van der Waals surface area contributed by atoms with E-state index in [1.54, 1.807) is 0 Å². The van der Waals surface area contributed by atoms with Gasteiger partial charge in [0.2, 0.25) is 0 Å². The van der Waals surface area contributed by atoms with Gasteiger partial charge < -0.3 is 14.9 Å². The van der Waals surface area contributed by atoms with E-state index in [1.807, 2.05) is 0 Å². The van der Waals surface area contributed by atoms with Crippen molar-refractivity contribution in [2.45, 2.75) is 151 Å². The molecule has 0 aromatic heterocycles. The Morgan fingerprint density at radius 3 is 2.05 bits per heavy atom. The molecule has 2 N–H and O–H groups in total. The molecule has 0 aromatic carbocycles. The molecule has 0 radical (unpaired) electrons. The fraction of sp³-hybridized carbons (Fsp3) is 1.00. The van der Waals surface area contributed by atoms with E-state index in [0.717, 1.165) is 48.3 Å². The lowest BCUT2D eigenvalue weighted by Gasteiger charge is -2.73. The van der Waals surface area contributed by atoms with Gasteiger partial charge in [0.1, 0.15) is 12.2 Å². The first kappa shape index (κ1) is 29.0. The second-order valence-electron chi connectivity index (χ2n) is 18.0. The van der Waals surface area contributed by atoms with Crippen LogP contribution in [0.25, 0.3) is 0 Å². The van der Waals surface area contributed by atoms with Crippen molar-refractivity contribution in [3.8, 4) is 0 Å². The zero-order chi connectivity index (χ0) is 28.2. The molecule has 39 heavy (non-hydrogen) atoms. The summed E-state index contributed by atoms with van der Waals surface area (Å²) in [5.41, 5.74) is 2.42. The average molecular weight is 543 g/mol. The van der Waals surface area contributed by atoms with Gasteiger partial charge in [-0.05, 0) is 146 Å². The second kappa shape index (κ2) is 9.44. The summed E-state index contributed by atoms with van der Waals surface area (Å²) in [5.74, 6) is 5.84. The van der Waals surface area contributed by atoms with Gasteiger partial charge in [-0.25, -0.2) is 0 Å². The van der Waals surface area contributed by atoms with Crippen molar-refractivity contribution in [2.24, 2.45) is 68.5 Å². The molecule has 0 bridgehead atoms. The molecule has 3 nitrogen and oxygen atoms in total. The highest BCUT2D eigenvalue weighted by atomic mass is 16.5. The van der Waals surface area contributed by atoms with Crippen molar-refractivity contribution in [1.82, 2.24) is 0 Å². The SMILES string of the molecule is CC(CCC1OC[C@H](O)[C@@H]1O)C1CC[C@@]2(C)C1CC[C@]1(C)C2CCC2[C@@]3(C)C[C@@H](C)CC(C)(C)C3CC[C@]21C. The summed E-state index contributed by atoms with van der Waals surface area (Å²) in [6.07, 6.45) is 14.8. The normalized spacial score (nSPS) is 57.2. The second-order valence-corrected chi connectivity index (χ2v) is 18.0. The number of ether oxygens (including phenoxy) is 1. The first-order valence-electron chi connectivity index (χ1n) is 17.1. The molecule has 1 aliphatic heterocycles. The predicted octanol–water partition coefficient (Wildman–Crippen LogP) is 8.26. The third kappa shape index (κ3) is 4.04. The number of aliphatic hydroxyl groups excluding tert-OH is 2. The first-order valence-corrected chi connectivity index (χ1v) is 17.1. The Balaban J connectivity index is 1.21. The fourth-order valence-corrected chi connectivity index (χ4v) is 14.3. The molecule has 5 saturated carbocycles. The largest absolute Gasteiger partial charge is 0.388 e. The standard InChI is InChI=1S/C36H62O3/c1-22-19-32(3,4)28-15-18-36(8)30(34(28,6)20-22)12-11-29-33(5)16-13-24(25(33)14-17-35(29,36)7)23(2)9-10-27-31(38)26(37)21-39-27/h22-31,37-38H,9-21H2,1-8H3/t22-,23?,24?,25?,26-,27?,28?,29?,30?,31-,33-,34-,35+,36+/m0/s1. The number of rotatable bonds is 4. The van der Waals surface area contributed by atoms with E-state index >= 15 is 0 Å². The van der Waals surface area contributed by atoms with Crippen LogP contribution in [0, 0.1) is 68.5 Å². The van der Waals surface area contributed by atoms with Crippen LogP contribution in [0.15, 0.2) is 0 Å². The summed E-state index contributed by atoms with van der Waals surface area (Å²) in [6.45, 7) is 21.6. The highest BCUT2D eigenvalue weighted by molar-refractivity contribution is 5.19. The van der Waals surface area contributed by atoms with Gasteiger partial charge >= 0.3 is 0 Å². The summed E-state index contributed by atoms with van der Waals surface area (Å²) in [5, 5.41) is 20.2. The van der Waals surface area contributed by atoms with Crippen LogP contribution in [-0.2, 0) is 4.74 Å². The van der Waals surface area contributed by atoms with Gasteiger partial charge in [0, 0.05) is 0 Å². The summed E-state index contributed by atoms with van der Waals surface area (Å²) in [7, 11) is 0. The molecule has 7 unspecified atom stereocenters. The van der Waals surface area contributed by atoms with Crippen LogP contribution in [0.5, 0.6) is 0 Å². The van der Waals surface area contributed by atoms with E-state index in [9.17, 15) is 10.2 Å². The van der Waals surface area contributed by atoms with Crippen molar-refractivity contribution < 1.29 is 14.9 Å². The van der Waals surface area contributed by atoms with Gasteiger partial charge in [-0.15, -0.1) is 0 Å². The molecule has 224 valence electrons. The monoisotopic (exact) mass is 542 g/mol. The third-order valence-corrected chi connectivity index (χ3v) is 15.8. The van der Waals surface area contributed by atoms with Gasteiger partial charge in [-0.3, -0.25) is 0 Å². The topological polar surface area (TPSA) is 49.7 Å². The van der Waals surface area contributed by atoms with Gasteiger partial charge in [0.25, 0.3) is 0 Å². The Morgan fingerprint density at radius 2 is 1.41 bits per heavy atom. The fourth-order valence-electron chi connectivity index (χ4n) is 14.3. The predicted molar refractivity (Wildman–Crippen MR) is 159 cm³/mol. The van der Waals surface area contributed by atoms with Crippen LogP contribution in [-0.4, -0.2) is 35.1 Å². The van der Waals surface area contributed by atoms with Crippen molar-refractivity contribution in [2.75, 3.05) is 6.61 Å². The Morgan fingerprint density at radius 1 is 0.769 bits per heavy atom. The van der Waals surface area contributed by atoms with Crippen LogP contribution in [0.3, 0.4) is 0 Å². The summed E-state index contributed by atoms with van der Waals surface area (Å²) in [6, 6.07) is 0. The molecule has 14 atom stereocenters. The molecule has 0 amide bonds. The lowest BCUT2D eigenvalue weighted by Crippen LogP contribution is -2.66. The third-order valence-electron chi connectivity index (χ3n) is 15.8. The molecule has 0 aromatic rings. The maximum absolute atomic E-state index is 10.3. The lowest BCUT2D eigenvalue weighted by molar-refractivity contribution is -0.245. The van der Waals surface area contributed by atoms with Gasteiger partial charge in [-0.2, -0.15) is 0 Å². The van der Waals surface area contributed by atoms with Crippen LogP contribution in [0.1, 0.15) is 132 Å². The maximum Gasteiger partial charge on any atom is 0.108 e. The number of fused-ring (bicyclic) bond motifs is 7. The van der Waals surface area contributed by atoms with E-state index in [0.29, 0.717) is 39.6 Å². The summed E-state index contributed by atoms with van der Waals surface area (Å²) >= 11 is 0. The molecule has 6 aliphatic rings. The van der Waals surface area contributed by atoms with Crippen LogP contribution >= 0.6 is 0 Å². The van der Waals surface area contributed by atoms with E-state index in [1.165, 1.54) is 64.2 Å². The van der Waals surface area contributed by atoms with Gasteiger partial charge in [0.05, 0.1) is 12.7 Å². The van der Waals surface area contributed by atoms with Crippen molar-refractivity contribution in [3.63, 3.8) is 0 Å². The van der Waals surface area contributed by atoms with E-state index in [-0.39, 0.29) is 6.10 Å². The molecule has 0 spiro atoms. The van der Waals surface area contributed by atoms with Crippen molar-refractivity contribution >= 4 is 0 Å². The molecule has 6 fully saturated rings. The van der Waals surface area contributed by atoms with E-state index in [4.69, 9.17) is 4.74 Å². The number of hydrogen-bond donors (Lipinski definition) is 2. The lowest BCUT2D eigenvalue weighted by atomic mass is 9.31. The van der Waals surface area contributed by atoms with E-state index < -0.39 is 12.2 Å². The minimum absolute atomic E-state index is 0.177. The molecule has 1 heterocycles. The van der Waals surface area contributed by atoms with Gasteiger partial charge in [0.15, 0.2) is 0 Å². The molecule has 3 heteroatoms. The molecule has 6 rings (SSSR count). The minimum Gasteiger partial charge on any atom is -0.388 e. The quantitative estimate of drug-likeness (QED) is 0.376. The average Bonchev–Trinajstić information content (AvgIpc) is 3.35. The Hall–Kier alpha value is -0.120.